The lowest BCUT2D eigenvalue weighted by atomic mass is 10.0. The van der Waals surface area contributed by atoms with Crippen LogP contribution in [-0.4, -0.2) is 49.5 Å². The number of H-pyrrole nitrogens is 1. The van der Waals surface area contributed by atoms with Crippen LogP contribution < -0.4 is 4.72 Å². The first-order chi connectivity index (χ1) is 14.4. The summed E-state index contributed by atoms with van der Waals surface area (Å²) in [5, 5.41) is 1.04. The van der Waals surface area contributed by atoms with E-state index in [1.165, 1.54) is 11.9 Å². The molecule has 0 atom stereocenters. The van der Waals surface area contributed by atoms with E-state index in [1.807, 2.05) is 24.4 Å². The van der Waals surface area contributed by atoms with Gasteiger partial charge in [-0.1, -0.05) is 18.2 Å². The highest BCUT2D eigenvalue weighted by atomic mass is 32.2. The summed E-state index contributed by atoms with van der Waals surface area (Å²) >= 11 is 0. The molecule has 0 aliphatic carbocycles. The van der Waals surface area contributed by atoms with Gasteiger partial charge >= 0.3 is 0 Å². The first-order valence-electron chi connectivity index (χ1n) is 9.85. The normalized spacial score (nSPS) is 14.0. The molecule has 1 aliphatic heterocycles. The molecule has 0 fully saturated rings. The number of carbonyl (C=O) groups excluding carboxylic acids is 2. The predicted molar refractivity (Wildman–Crippen MR) is 115 cm³/mol. The Morgan fingerprint density at radius 2 is 1.70 bits per heavy atom. The number of nitrogens with one attached hydrogen (secondary N) is 2. The summed E-state index contributed by atoms with van der Waals surface area (Å²) in [6, 6.07) is 12.8. The van der Waals surface area contributed by atoms with E-state index in [-0.39, 0.29) is 17.6 Å². The van der Waals surface area contributed by atoms with Crippen LogP contribution in [-0.2, 0) is 22.9 Å². The number of sulfonamides is 1. The Morgan fingerprint density at radius 3 is 2.37 bits per heavy atom. The molecule has 2 aromatic carbocycles. The van der Waals surface area contributed by atoms with Gasteiger partial charge in [0.2, 0.25) is 10.0 Å². The Bertz CT molecular complexity index is 1200. The molecule has 3 aromatic rings. The average molecular weight is 426 g/mol. The molecule has 0 unspecified atom stereocenters. The van der Waals surface area contributed by atoms with E-state index in [4.69, 9.17) is 0 Å². The van der Waals surface area contributed by atoms with E-state index >= 15 is 0 Å². The van der Waals surface area contributed by atoms with Crippen molar-refractivity contribution >= 4 is 32.7 Å². The Hall–Kier alpha value is -2.97. The van der Waals surface area contributed by atoms with Crippen LogP contribution in [0.5, 0.6) is 0 Å². The summed E-state index contributed by atoms with van der Waals surface area (Å²) in [6.07, 6.45) is 3.71. The molecule has 1 aliphatic rings. The van der Waals surface area contributed by atoms with Crippen molar-refractivity contribution in [2.75, 3.05) is 19.3 Å². The zero-order valence-corrected chi connectivity index (χ0v) is 17.5. The van der Waals surface area contributed by atoms with Crippen molar-refractivity contribution in [1.29, 1.82) is 0 Å². The summed E-state index contributed by atoms with van der Waals surface area (Å²) in [6.45, 7) is 0.360. The van der Waals surface area contributed by atoms with Gasteiger partial charge in [-0.2, -0.15) is 0 Å². The second kappa shape index (κ2) is 8.04. The second-order valence-corrected chi connectivity index (χ2v) is 9.42. The number of hydrogen-bond donors (Lipinski definition) is 2. The minimum atomic E-state index is -3.25. The summed E-state index contributed by atoms with van der Waals surface area (Å²) in [5.41, 5.74) is 3.94. The van der Waals surface area contributed by atoms with Gasteiger partial charge in [0.1, 0.15) is 0 Å². The Kier molecular flexibility index (Phi) is 5.44. The largest absolute Gasteiger partial charge is 0.361 e. The molecule has 2 amide bonds. The Labute approximate surface area is 175 Å². The van der Waals surface area contributed by atoms with Crippen LogP contribution in [0.3, 0.4) is 0 Å². The molecule has 0 saturated heterocycles. The first-order valence-corrected chi connectivity index (χ1v) is 11.5. The maximum atomic E-state index is 12.5. The lowest BCUT2D eigenvalue weighted by Crippen LogP contribution is -2.30. The Balaban J connectivity index is 1.43. The molecule has 30 heavy (non-hydrogen) atoms. The van der Waals surface area contributed by atoms with Gasteiger partial charge in [0.15, 0.2) is 0 Å². The van der Waals surface area contributed by atoms with Crippen molar-refractivity contribution < 1.29 is 18.0 Å². The maximum absolute atomic E-state index is 12.5. The number of nitrogens with zero attached hydrogens (tertiary/aromatic N) is 1. The smallest absolute Gasteiger partial charge is 0.261 e. The van der Waals surface area contributed by atoms with Crippen molar-refractivity contribution in [1.82, 2.24) is 14.6 Å². The third kappa shape index (κ3) is 3.88. The molecule has 0 spiro atoms. The monoisotopic (exact) mass is 425 g/mol. The number of fused-ring (bicyclic) bond motifs is 2. The van der Waals surface area contributed by atoms with E-state index in [9.17, 15) is 18.0 Å². The topological polar surface area (TPSA) is 99.3 Å². The number of carbonyl (C=O) groups is 2. The van der Waals surface area contributed by atoms with E-state index < -0.39 is 10.0 Å². The number of hydrogen-bond acceptors (Lipinski definition) is 4. The number of aryl methyl sites for hydroxylation is 2. The fraction of sp³-hybridized carbons (Fsp3) is 0.273. The average Bonchev–Trinajstić information content (AvgIpc) is 3.26. The maximum Gasteiger partial charge on any atom is 0.261 e. The van der Waals surface area contributed by atoms with Crippen LogP contribution in [0.1, 0.15) is 38.3 Å². The van der Waals surface area contributed by atoms with Gasteiger partial charge < -0.3 is 4.98 Å². The van der Waals surface area contributed by atoms with Gasteiger partial charge in [-0.25, -0.2) is 13.1 Å². The molecular weight excluding hydrogens is 402 g/mol. The molecule has 8 heteroatoms. The fourth-order valence-electron chi connectivity index (χ4n) is 3.81. The van der Waals surface area contributed by atoms with Crippen LogP contribution in [0, 0.1) is 0 Å². The zero-order chi connectivity index (χ0) is 21.3. The minimum Gasteiger partial charge on any atom is -0.361 e. The number of amides is 2. The molecule has 0 saturated carbocycles. The second-order valence-electron chi connectivity index (χ2n) is 7.38. The number of benzene rings is 2. The lowest BCUT2D eigenvalue weighted by molar-refractivity contribution is 0.0652. The summed E-state index contributed by atoms with van der Waals surface area (Å²) in [7, 11) is -1.84. The highest BCUT2D eigenvalue weighted by Gasteiger charge is 2.34. The number of aromatic nitrogens is 1. The first kappa shape index (κ1) is 20.3. The van der Waals surface area contributed by atoms with Gasteiger partial charge in [0, 0.05) is 23.6 Å². The van der Waals surface area contributed by atoms with Crippen LogP contribution >= 0.6 is 0 Å². The number of rotatable bonds is 8. The van der Waals surface area contributed by atoms with E-state index in [0.29, 0.717) is 36.9 Å². The van der Waals surface area contributed by atoms with Crippen LogP contribution in [0.4, 0.5) is 0 Å². The highest BCUT2D eigenvalue weighted by Crippen LogP contribution is 2.25. The summed E-state index contributed by atoms with van der Waals surface area (Å²) < 4.78 is 25.7. The summed E-state index contributed by atoms with van der Waals surface area (Å²) in [5.74, 6) is -0.431. The number of imide groups is 1. The molecule has 0 radical (unpaired) electrons. The molecule has 4 rings (SSSR count). The van der Waals surface area contributed by atoms with Gasteiger partial charge in [-0.05, 0) is 61.7 Å². The zero-order valence-electron chi connectivity index (χ0n) is 16.6. The van der Waals surface area contributed by atoms with Crippen LogP contribution in [0.2, 0.25) is 0 Å². The van der Waals surface area contributed by atoms with Crippen molar-refractivity contribution in [3.05, 3.63) is 70.9 Å². The fourth-order valence-corrected chi connectivity index (χ4v) is 4.52. The Morgan fingerprint density at radius 1 is 1.00 bits per heavy atom. The molecule has 1 aromatic heterocycles. The van der Waals surface area contributed by atoms with Crippen molar-refractivity contribution in [2.45, 2.75) is 19.3 Å². The molecule has 7 nitrogen and oxygen atoms in total. The highest BCUT2D eigenvalue weighted by molar-refractivity contribution is 7.89. The molecular formula is C22H23N3O4S. The number of aromatic amines is 1. The van der Waals surface area contributed by atoms with E-state index in [0.717, 1.165) is 22.0 Å². The molecule has 2 N–H and O–H groups in total. The third-order valence-corrected chi connectivity index (χ3v) is 6.87. The quantitative estimate of drug-likeness (QED) is 0.542. The standard InChI is InChI=1S/C22H23N3O4S/c1-23-30(28,29)12-10-15-8-9-20-19(13-15)16(14-24-20)5-4-11-25-21(26)17-6-2-3-7-18(17)22(25)27/h2-3,6-9,13-14,23-24H,4-5,10-12H2,1H3. The van der Waals surface area contributed by atoms with E-state index in [1.54, 1.807) is 24.3 Å². The van der Waals surface area contributed by atoms with Gasteiger partial charge in [0.05, 0.1) is 16.9 Å². The van der Waals surface area contributed by atoms with Crippen molar-refractivity contribution in [3.63, 3.8) is 0 Å². The van der Waals surface area contributed by atoms with Crippen LogP contribution in [0.15, 0.2) is 48.7 Å². The van der Waals surface area contributed by atoms with Crippen molar-refractivity contribution in [2.24, 2.45) is 0 Å². The van der Waals surface area contributed by atoms with E-state index in [2.05, 4.69) is 9.71 Å². The SMILES string of the molecule is CNS(=O)(=O)CCc1ccc2[nH]cc(CCCN3C(=O)c4ccccc4C3=O)c2c1. The minimum absolute atomic E-state index is 0.0362. The molecule has 2 heterocycles. The van der Waals surface area contributed by atoms with Gasteiger partial charge in [-0.3, -0.25) is 14.5 Å². The van der Waals surface area contributed by atoms with Gasteiger partial charge in [0.25, 0.3) is 11.8 Å². The van der Waals surface area contributed by atoms with Gasteiger partial charge in [-0.15, -0.1) is 0 Å². The van der Waals surface area contributed by atoms with Crippen molar-refractivity contribution in [3.8, 4) is 0 Å². The summed E-state index contributed by atoms with van der Waals surface area (Å²) in [4.78, 5) is 29.5. The van der Waals surface area contributed by atoms with Crippen LogP contribution in [0.25, 0.3) is 10.9 Å². The molecule has 156 valence electrons. The predicted octanol–water partition coefficient (Wildman–Crippen LogP) is 2.49. The molecule has 0 bridgehead atoms. The lowest BCUT2D eigenvalue weighted by Gasteiger charge is -2.13. The third-order valence-electron chi connectivity index (χ3n) is 5.51.